The molecule has 25 heavy (non-hydrogen) atoms. The molecule has 0 aliphatic rings. The highest BCUT2D eigenvalue weighted by Gasteiger charge is 2.09. The Morgan fingerprint density at radius 1 is 0.640 bits per heavy atom. The van der Waals surface area contributed by atoms with E-state index in [1.807, 2.05) is 18.2 Å². The van der Waals surface area contributed by atoms with Gasteiger partial charge in [0.15, 0.2) is 0 Å². The summed E-state index contributed by atoms with van der Waals surface area (Å²) in [6.07, 6.45) is 0. The third-order valence-electron chi connectivity index (χ3n) is 4.70. The van der Waals surface area contributed by atoms with Gasteiger partial charge in [-0.15, -0.1) is 0 Å². The highest BCUT2D eigenvalue weighted by atomic mass is 35.5. The van der Waals surface area contributed by atoms with Crippen LogP contribution in [0.25, 0.3) is 43.7 Å². The Hall–Kier alpha value is -2.90. The van der Waals surface area contributed by atoms with Crippen LogP contribution in [-0.2, 0) is 0 Å². The number of hydrogen-bond donors (Lipinski definition) is 0. The van der Waals surface area contributed by atoms with Gasteiger partial charge >= 0.3 is 0 Å². The van der Waals surface area contributed by atoms with E-state index in [4.69, 9.17) is 16.6 Å². The van der Waals surface area contributed by atoms with Gasteiger partial charge in [0.25, 0.3) is 0 Å². The molecule has 0 saturated carbocycles. The van der Waals surface area contributed by atoms with E-state index in [1.165, 1.54) is 21.5 Å². The number of hydrogen-bond acceptors (Lipinski definition) is 1. The zero-order valence-corrected chi connectivity index (χ0v) is 14.2. The highest BCUT2D eigenvalue weighted by Crippen LogP contribution is 2.34. The van der Waals surface area contributed by atoms with Crippen LogP contribution in [0.15, 0.2) is 84.9 Å². The van der Waals surface area contributed by atoms with Crippen molar-refractivity contribution in [1.29, 1.82) is 0 Å². The fraction of sp³-hybridized carbons (Fsp3) is 0. The van der Waals surface area contributed by atoms with Gasteiger partial charge in [-0.1, -0.05) is 72.3 Å². The van der Waals surface area contributed by atoms with Crippen molar-refractivity contribution in [2.75, 3.05) is 0 Å². The Bertz CT molecular complexity index is 1260. The molecule has 0 spiro atoms. The number of rotatable bonds is 1. The first-order valence-electron chi connectivity index (χ1n) is 8.27. The molecule has 0 bridgehead atoms. The number of halogens is 1. The minimum atomic E-state index is 0.734. The van der Waals surface area contributed by atoms with E-state index in [-0.39, 0.29) is 0 Å². The molecule has 0 aliphatic heterocycles. The fourth-order valence-corrected chi connectivity index (χ4v) is 3.70. The van der Waals surface area contributed by atoms with Crippen LogP contribution in [0.4, 0.5) is 0 Å². The predicted octanol–water partition coefficient (Wildman–Crippen LogP) is 6.86. The minimum Gasteiger partial charge on any atom is -0.248 e. The van der Waals surface area contributed by atoms with Crippen molar-refractivity contribution in [3.05, 3.63) is 90.0 Å². The lowest BCUT2D eigenvalue weighted by Crippen LogP contribution is -1.88. The van der Waals surface area contributed by atoms with Gasteiger partial charge in [-0.25, -0.2) is 4.98 Å². The van der Waals surface area contributed by atoms with Crippen LogP contribution < -0.4 is 0 Å². The average molecular weight is 340 g/mol. The second kappa shape index (κ2) is 5.58. The molecule has 1 heterocycles. The normalized spacial score (nSPS) is 11.4. The Balaban J connectivity index is 1.86. The molecule has 0 N–H and O–H groups in total. The number of nitrogens with zero attached hydrogens (tertiary/aromatic N) is 1. The molecule has 1 aromatic heterocycles. The molecule has 0 fully saturated rings. The maximum Gasteiger partial charge on any atom is 0.0716 e. The summed E-state index contributed by atoms with van der Waals surface area (Å²) < 4.78 is 0. The fourth-order valence-electron chi connectivity index (χ4n) is 3.52. The molecular formula is C23H14ClN. The van der Waals surface area contributed by atoms with Gasteiger partial charge in [-0.05, 0) is 45.8 Å². The van der Waals surface area contributed by atoms with E-state index in [1.54, 1.807) is 0 Å². The number of aromatic nitrogens is 1. The third-order valence-corrected chi connectivity index (χ3v) is 4.93. The number of benzene rings is 4. The summed E-state index contributed by atoms with van der Waals surface area (Å²) >= 11 is 6.09. The molecule has 4 aromatic carbocycles. The maximum atomic E-state index is 6.09. The molecule has 0 saturated heterocycles. The molecule has 1 nitrogen and oxygen atoms in total. The molecule has 0 aliphatic carbocycles. The van der Waals surface area contributed by atoms with E-state index >= 15 is 0 Å². The lowest BCUT2D eigenvalue weighted by molar-refractivity contribution is 1.41. The molecular weight excluding hydrogens is 326 g/mol. The summed E-state index contributed by atoms with van der Waals surface area (Å²) in [6, 6.07) is 29.3. The molecule has 0 radical (unpaired) electrons. The molecule has 5 rings (SSSR count). The summed E-state index contributed by atoms with van der Waals surface area (Å²) in [5.41, 5.74) is 3.10. The third kappa shape index (κ3) is 2.36. The van der Waals surface area contributed by atoms with E-state index in [2.05, 4.69) is 66.7 Å². The Labute approximate surface area is 150 Å². The van der Waals surface area contributed by atoms with Crippen LogP contribution in [0.2, 0.25) is 5.02 Å². The number of fused-ring (bicyclic) bond motifs is 4. The summed E-state index contributed by atoms with van der Waals surface area (Å²) in [4.78, 5) is 4.88. The van der Waals surface area contributed by atoms with Gasteiger partial charge in [0.05, 0.1) is 11.2 Å². The van der Waals surface area contributed by atoms with Gasteiger partial charge in [0.2, 0.25) is 0 Å². The van der Waals surface area contributed by atoms with Gasteiger partial charge in [-0.3, -0.25) is 0 Å². The zero-order valence-electron chi connectivity index (χ0n) is 13.4. The van der Waals surface area contributed by atoms with Crippen molar-refractivity contribution in [1.82, 2.24) is 4.98 Å². The molecule has 5 aromatic rings. The first-order valence-corrected chi connectivity index (χ1v) is 8.64. The van der Waals surface area contributed by atoms with Crippen molar-refractivity contribution in [3.63, 3.8) is 0 Å². The zero-order chi connectivity index (χ0) is 16.8. The summed E-state index contributed by atoms with van der Waals surface area (Å²) in [7, 11) is 0. The van der Waals surface area contributed by atoms with Crippen molar-refractivity contribution >= 4 is 44.0 Å². The molecule has 0 unspecified atom stereocenters. The Morgan fingerprint density at radius 3 is 2.40 bits per heavy atom. The van der Waals surface area contributed by atoms with Crippen molar-refractivity contribution < 1.29 is 0 Å². The Morgan fingerprint density at radius 2 is 1.44 bits per heavy atom. The van der Waals surface area contributed by atoms with Crippen LogP contribution in [-0.4, -0.2) is 4.98 Å². The standard InChI is InChI=1S/C23H14ClN/c24-18-11-13-21-17(14-18)10-12-22(25-21)20-7-3-5-16-9-8-15-4-1-2-6-19(15)23(16)20/h1-14H. The summed E-state index contributed by atoms with van der Waals surface area (Å²) in [5.74, 6) is 0. The SMILES string of the molecule is Clc1ccc2nc(-c3cccc4ccc5ccccc5c34)ccc2c1. The maximum absolute atomic E-state index is 6.09. The van der Waals surface area contributed by atoms with Crippen molar-refractivity contribution in [2.24, 2.45) is 0 Å². The summed E-state index contributed by atoms with van der Waals surface area (Å²) in [5, 5.41) is 6.78. The van der Waals surface area contributed by atoms with E-state index in [9.17, 15) is 0 Å². The van der Waals surface area contributed by atoms with Crippen molar-refractivity contribution in [2.45, 2.75) is 0 Å². The lowest BCUT2D eigenvalue weighted by Gasteiger charge is -2.10. The first-order chi connectivity index (χ1) is 12.3. The summed E-state index contributed by atoms with van der Waals surface area (Å²) in [6.45, 7) is 0. The number of pyridine rings is 1. The smallest absolute Gasteiger partial charge is 0.0716 e. The monoisotopic (exact) mass is 339 g/mol. The van der Waals surface area contributed by atoms with Crippen LogP contribution in [0, 0.1) is 0 Å². The largest absolute Gasteiger partial charge is 0.248 e. The first kappa shape index (κ1) is 14.4. The lowest BCUT2D eigenvalue weighted by atomic mass is 9.96. The second-order valence-corrected chi connectivity index (χ2v) is 6.66. The van der Waals surface area contributed by atoms with E-state index < -0.39 is 0 Å². The molecule has 2 heteroatoms. The quantitative estimate of drug-likeness (QED) is 0.304. The molecule has 0 amide bonds. The predicted molar refractivity (Wildman–Crippen MR) is 107 cm³/mol. The van der Waals surface area contributed by atoms with Crippen LogP contribution in [0.5, 0.6) is 0 Å². The van der Waals surface area contributed by atoms with Gasteiger partial charge < -0.3 is 0 Å². The topological polar surface area (TPSA) is 12.9 Å². The minimum absolute atomic E-state index is 0.734. The van der Waals surface area contributed by atoms with E-state index in [0.717, 1.165) is 27.2 Å². The highest BCUT2D eigenvalue weighted by molar-refractivity contribution is 6.31. The Kier molecular flexibility index (Phi) is 3.22. The van der Waals surface area contributed by atoms with E-state index in [0.29, 0.717) is 0 Å². The van der Waals surface area contributed by atoms with Gasteiger partial charge in [-0.2, -0.15) is 0 Å². The van der Waals surface area contributed by atoms with Crippen LogP contribution in [0.3, 0.4) is 0 Å². The van der Waals surface area contributed by atoms with Gasteiger partial charge in [0, 0.05) is 16.0 Å². The van der Waals surface area contributed by atoms with Gasteiger partial charge in [0.1, 0.15) is 0 Å². The molecule has 0 atom stereocenters. The second-order valence-electron chi connectivity index (χ2n) is 6.22. The van der Waals surface area contributed by atoms with Crippen LogP contribution in [0.1, 0.15) is 0 Å². The molecule has 118 valence electrons. The average Bonchev–Trinajstić information content (AvgIpc) is 2.67. The van der Waals surface area contributed by atoms with Crippen molar-refractivity contribution in [3.8, 4) is 11.3 Å². The van der Waals surface area contributed by atoms with Crippen LogP contribution >= 0.6 is 11.6 Å².